The van der Waals surface area contributed by atoms with Crippen molar-refractivity contribution in [2.24, 2.45) is 5.73 Å². The summed E-state index contributed by atoms with van der Waals surface area (Å²) in [5.41, 5.74) is 10.6. The second-order valence-corrected chi connectivity index (χ2v) is 4.39. The number of aryl methyl sites for hydroxylation is 2. The molecule has 0 saturated heterocycles. The molecule has 0 heterocycles. The Hall–Kier alpha value is -1.67. The van der Waals surface area contributed by atoms with Crippen LogP contribution in [0.4, 0.5) is 4.39 Å². The van der Waals surface area contributed by atoms with Crippen LogP contribution >= 0.6 is 0 Å². The molecule has 1 atom stereocenters. The average molecular weight is 229 g/mol. The van der Waals surface area contributed by atoms with Gasteiger partial charge in [-0.15, -0.1) is 0 Å². The summed E-state index contributed by atoms with van der Waals surface area (Å²) in [6.45, 7) is 4.08. The van der Waals surface area contributed by atoms with Gasteiger partial charge in [-0.25, -0.2) is 4.39 Å². The minimum Gasteiger partial charge on any atom is -0.320 e. The van der Waals surface area contributed by atoms with Crippen LogP contribution in [0.5, 0.6) is 0 Å². The molecular weight excluding hydrogens is 213 g/mol. The molecule has 0 spiro atoms. The monoisotopic (exact) mass is 229 g/mol. The molecule has 88 valence electrons. The molecular formula is C15H16FN. The van der Waals surface area contributed by atoms with E-state index in [1.54, 1.807) is 12.1 Å². The molecule has 2 heteroatoms. The summed E-state index contributed by atoms with van der Waals surface area (Å²) in [4.78, 5) is 0. The molecule has 17 heavy (non-hydrogen) atoms. The largest absolute Gasteiger partial charge is 0.320 e. The Balaban J connectivity index is 2.39. The third-order valence-corrected chi connectivity index (χ3v) is 3.00. The highest BCUT2D eigenvalue weighted by atomic mass is 19.1. The summed E-state index contributed by atoms with van der Waals surface area (Å²) in [5.74, 6) is -0.234. The minimum atomic E-state index is -0.234. The van der Waals surface area contributed by atoms with Gasteiger partial charge in [0, 0.05) is 0 Å². The first-order chi connectivity index (χ1) is 8.08. The van der Waals surface area contributed by atoms with E-state index in [-0.39, 0.29) is 11.9 Å². The summed E-state index contributed by atoms with van der Waals surface area (Å²) < 4.78 is 12.9. The van der Waals surface area contributed by atoms with Crippen molar-refractivity contribution in [3.63, 3.8) is 0 Å². The zero-order chi connectivity index (χ0) is 12.4. The second-order valence-electron chi connectivity index (χ2n) is 4.39. The van der Waals surface area contributed by atoms with E-state index in [1.165, 1.54) is 17.7 Å². The van der Waals surface area contributed by atoms with Gasteiger partial charge in [0.05, 0.1) is 6.04 Å². The van der Waals surface area contributed by atoms with Crippen molar-refractivity contribution in [2.45, 2.75) is 19.9 Å². The molecule has 1 unspecified atom stereocenters. The Bertz CT molecular complexity index is 517. The molecule has 0 aliphatic carbocycles. The first kappa shape index (κ1) is 11.8. The zero-order valence-electron chi connectivity index (χ0n) is 10.1. The number of rotatable bonds is 2. The first-order valence-corrected chi connectivity index (χ1v) is 5.66. The molecule has 2 aromatic carbocycles. The number of halogens is 1. The fourth-order valence-corrected chi connectivity index (χ4v) is 1.94. The van der Waals surface area contributed by atoms with Crippen LogP contribution in [0.2, 0.25) is 0 Å². The Kier molecular flexibility index (Phi) is 3.25. The predicted molar refractivity (Wildman–Crippen MR) is 68.3 cm³/mol. The van der Waals surface area contributed by atoms with Gasteiger partial charge in [-0.1, -0.05) is 35.9 Å². The Morgan fingerprint density at radius 1 is 1.00 bits per heavy atom. The van der Waals surface area contributed by atoms with E-state index in [0.717, 1.165) is 16.7 Å². The SMILES string of the molecule is Cc1ccc(C)c(C(N)c2ccc(F)cc2)c1. The van der Waals surface area contributed by atoms with Crippen molar-refractivity contribution < 1.29 is 4.39 Å². The quantitative estimate of drug-likeness (QED) is 0.838. The Labute approximate surface area is 101 Å². The van der Waals surface area contributed by atoms with Gasteiger partial charge in [-0.2, -0.15) is 0 Å². The van der Waals surface area contributed by atoms with Crippen LogP contribution in [0, 0.1) is 19.7 Å². The van der Waals surface area contributed by atoms with E-state index in [2.05, 4.69) is 18.2 Å². The topological polar surface area (TPSA) is 26.0 Å². The third kappa shape index (κ3) is 2.53. The van der Waals surface area contributed by atoms with Crippen molar-refractivity contribution >= 4 is 0 Å². The van der Waals surface area contributed by atoms with E-state index < -0.39 is 0 Å². The van der Waals surface area contributed by atoms with Crippen molar-refractivity contribution in [3.8, 4) is 0 Å². The van der Waals surface area contributed by atoms with Crippen LogP contribution in [-0.2, 0) is 0 Å². The van der Waals surface area contributed by atoms with Crippen LogP contribution in [0.3, 0.4) is 0 Å². The van der Waals surface area contributed by atoms with Crippen molar-refractivity contribution in [3.05, 3.63) is 70.5 Å². The lowest BCUT2D eigenvalue weighted by Gasteiger charge is -2.16. The van der Waals surface area contributed by atoms with Crippen molar-refractivity contribution in [2.75, 3.05) is 0 Å². The van der Waals surface area contributed by atoms with Crippen LogP contribution < -0.4 is 5.73 Å². The molecule has 2 aromatic rings. The van der Waals surface area contributed by atoms with Gasteiger partial charge in [0.1, 0.15) is 5.82 Å². The maximum Gasteiger partial charge on any atom is 0.123 e. The van der Waals surface area contributed by atoms with Gasteiger partial charge >= 0.3 is 0 Å². The highest BCUT2D eigenvalue weighted by Gasteiger charge is 2.11. The summed E-state index contributed by atoms with van der Waals surface area (Å²) in [5, 5.41) is 0. The smallest absolute Gasteiger partial charge is 0.123 e. The number of nitrogens with two attached hydrogens (primary N) is 1. The van der Waals surface area contributed by atoms with Gasteiger partial charge in [-0.3, -0.25) is 0 Å². The molecule has 0 radical (unpaired) electrons. The van der Waals surface area contributed by atoms with Crippen LogP contribution in [0.25, 0.3) is 0 Å². The van der Waals surface area contributed by atoms with E-state index >= 15 is 0 Å². The summed E-state index contributed by atoms with van der Waals surface area (Å²) in [6, 6.07) is 12.4. The van der Waals surface area contributed by atoms with E-state index in [0.29, 0.717) is 0 Å². The summed E-state index contributed by atoms with van der Waals surface area (Å²) in [7, 11) is 0. The fraction of sp³-hybridized carbons (Fsp3) is 0.200. The number of benzene rings is 2. The summed E-state index contributed by atoms with van der Waals surface area (Å²) >= 11 is 0. The first-order valence-electron chi connectivity index (χ1n) is 5.66. The second kappa shape index (κ2) is 4.68. The molecule has 2 N–H and O–H groups in total. The average Bonchev–Trinajstić information content (AvgIpc) is 2.32. The van der Waals surface area contributed by atoms with Gasteiger partial charge in [-0.05, 0) is 42.7 Å². The standard InChI is InChI=1S/C15H16FN/c1-10-3-4-11(2)14(9-10)15(17)12-5-7-13(16)8-6-12/h3-9,15H,17H2,1-2H3. The van der Waals surface area contributed by atoms with E-state index in [4.69, 9.17) is 5.73 Å². The number of hydrogen-bond acceptors (Lipinski definition) is 1. The molecule has 0 saturated carbocycles. The van der Waals surface area contributed by atoms with Gasteiger partial charge in [0.25, 0.3) is 0 Å². The molecule has 0 amide bonds. The normalized spacial score (nSPS) is 12.5. The molecule has 0 fully saturated rings. The zero-order valence-corrected chi connectivity index (χ0v) is 10.1. The Morgan fingerprint density at radius 3 is 2.29 bits per heavy atom. The van der Waals surface area contributed by atoms with E-state index in [9.17, 15) is 4.39 Å². The molecule has 0 aliphatic rings. The fourth-order valence-electron chi connectivity index (χ4n) is 1.94. The lowest BCUT2D eigenvalue weighted by molar-refractivity contribution is 0.626. The molecule has 0 bridgehead atoms. The third-order valence-electron chi connectivity index (χ3n) is 3.00. The summed E-state index contributed by atoms with van der Waals surface area (Å²) in [6.07, 6.45) is 0. The van der Waals surface area contributed by atoms with E-state index in [1.807, 2.05) is 13.8 Å². The molecule has 0 aliphatic heterocycles. The van der Waals surface area contributed by atoms with Crippen molar-refractivity contribution in [1.29, 1.82) is 0 Å². The molecule has 0 aromatic heterocycles. The number of hydrogen-bond donors (Lipinski definition) is 1. The molecule has 1 nitrogen and oxygen atoms in total. The minimum absolute atomic E-state index is 0.199. The van der Waals surface area contributed by atoms with Gasteiger partial charge < -0.3 is 5.73 Å². The lowest BCUT2D eigenvalue weighted by Crippen LogP contribution is -2.13. The van der Waals surface area contributed by atoms with Crippen LogP contribution in [0.1, 0.15) is 28.3 Å². The van der Waals surface area contributed by atoms with Crippen molar-refractivity contribution in [1.82, 2.24) is 0 Å². The predicted octanol–water partition coefficient (Wildman–Crippen LogP) is 3.49. The van der Waals surface area contributed by atoms with Gasteiger partial charge in [0.15, 0.2) is 0 Å². The van der Waals surface area contributed by atoms with Gasteiger partial charge in [0.2, 0.25) is 0 Å². The lowest BCUT2D eigenvalue weighted by atomic mass is 9.94. The van der Waals surface area contributed by atoms with Crippen LogP contribution in [-0.4, -0.2) is 0 Å². The highest BCUT2D eigenvalue weighted by molar-refractivity contribution is 5.38. The maximum atomic E-state index is 12.9. The Morgan fingerprint density at radius 2 is 1.65 bits per heavy atom. The van der Waals surface area contributed by atoms with Crippen LogP contribution in [0.15, 0.2) is 42.5 Å². The molecule has 2 rings (SSSR count). The highest BCUT2D eigenvalue weighted by Crippen LogP contribution is 2.23. The maximum absolute atomic E-state index is 12.9.